The quantitative estimate of drug-likeness (QED) is 0.858. The van der Waals surface area contributed by atoms with Gasteiger partial charge in [-0.1, -0.05) is 6.07 Å². The molecule has 1 aliphatic rings. The van der Waals surface area contributed by atoms with Crippen LogP contribution in [0.1, 0.15) is 25.3 Å². The standard InChI is InChI=1S/C14H17N3O/c1-10-5-6-12(14(16)18)9-17(10)13-4-2-3-11(7-13)8-15/h2-4,7,10,12H,5-6,9H2,1H3,(H2,16,18). The Kier molecular flexibility index (Phi) is 3.52. The number of benzene rings is 1. The third-order valence-electron chi connectivity index (χ3n) is 3.59. The van der Waals surface area contributed by atoms with Gasteiger partial charge in [0, 0.05) is 18.3 Å². The molecule has 2 unspecified atom stereocenters. The molecule has 1 amide bonds. The lowest BCUT2D eigenvalue weighted by Gasteiger charge is -2.38. The van der Waals surface area contributed by atoms with Crippen LogP contribution in [0.2, 0.25) is 0 Å². The van der Waals surface area contributed by atoms with Crippen LogP contribution in [-0.2, 0) is 4.79 Å². The van der Waals surface area contributed by atoms with Crippen molar-refractivity contribution >= 4 is 11.6 Å². The Morgan fingerprint density at radius 2 is 2.28 bits per heavy atom. The van der Waals surface area contributed by atoms with E-state index < -0.39 is 0 Å². The summed E-state index contributed by atoms with van der Waals surface area (Å²) < 4.78 is 0. The number of hydrogen-bond acceptors (Lipinski definition) is 3. The Hall–Kier alpha value is -2.02. The van der Waals surface area contributed by atoms with Gasteiger partial charge < -0.3 is 10.6 Å². The van der Waals surface area contributed by atoms with E-state index in [0.717, 1.165) is 18.5 Å². The number of amides is 1. The monoisotopic (exact) mass is 243 g/mol. The van der Waals surface area contributed by atoms with Crippen LogP contribution >= 0.6 is 0 Å². The van der Waals surface area contributed by atoms with Gasteiger partial charge in [0.1, 0.15) is 0 Å². The Morgan fingerprint density at radius 1 is 1.50 bits per heavy atom. The molecule has 94 valence electrons. The Balaban J connectivity index is 2.24. The van der Waals surface area contributed by atoms with Crippen LogP contribution in [-0.4, -0.2) is 18.5 Å². The van der Waals surface area contributed by atoms with E-state index in [0.29, 0.717) is 18.2 Å². The molecule has 0 bridgehead atoms. The van der Waals surface area contributed by atoms with Gasteiger partial charge in [-0.05, 0) is 38.0 Å². The van der Waals surface area contributed by atoms with Crippen LogP contribution in [0.5, 0.6) is 0 Å². The van der Waals surface area contributed by atoms with Crippen LogP contribution < -0.4 is 10.6 Å². The first-order valence-electron chi connectivity index (χ1n) is 6.18. The van der Waals surface area contributed by atoms with Gasteiger partial charge >= 0.3 is 0 Å². The maximum atomic E-state index is 11.3. The summed E-state index contributed by atoms with van der Waals surface area (Å²) in [5.74, 6) is -0.324. The van der Waals surface area contributed by atoms with Crippen molar-refractivity contribution in [3.8, 4) is 6.07 Å². The lowest BCUT2D eigenvalue weighted by molar-refractivity contribution is -0.122. The van der Waals surface area contributed by atoms with Crippen molar-refractivity contribution in [2.45, 2.75) is 25.8 Å². The molecule has 1 aromatic rings. The summed E-state index contributed by atoms with van der Waals surface area (Å²) >= 11 is 0. The number of primary amides is 1. The Morgan fingerprint density at radius 3 is 2.94 bits per heavy atom. The minimum atomic E-state index is -0.233. The smallest absolute Gasteiger partial charge is 0.222 e. The SMILES string of the molecule is CC1CCC(C(N)=O)CN1c1cccc(C#N)c1. The Bertz CT molecular complexity index is 492. The summed E-state index contributed by atoms with van der Waals surface area (Å²) in [7, 11) is 0. The molecule has 1 aromatic carbocycles. The van der Waals surface area contributed by atoms with Crippen LogP contribution in [0.15, 0.2) is 24.3 Å². The number of hydrogen-bond donors (Lipinski definition) is 1. The minimum absolute atomic E-state index is 0.0908. The number of nitriles is 1. The van der Waals surface area contributed by atoms with E-state index in [1.165, 1.54) is 0 Å². The molecule has 1 aliphatic heterocycles. The lowest BCUT2D eigenvalue weighted by atomic mass is 9.92. The highest BCUT2D eigenvalue weighted by Gasteiger charge is 2.28. The summed E-state index contributed by atoms with van der Waals surface area (Å²) in [5, 5.41) is 8.92. The zero-order valence-electron chi connectivity index (χ0n) is 10.5. The van der Waals surface area contributed by atoms with Crippen molar-refractivity contribution in [1.82, 2.24) is 0 Å². The second kappa shape index (κ2) is 5.09. The van der Waals surface area contributed by atoms with Crippen LogP contribution in [0.25, 0.3) is 0 Å². The first kappa shape index (κ1) is 12.4. The zero-order chi connectivity index (χ0) is 13.1. The predicted molar refractivity (Wildman–Crippen MR) is 69.9 cm³/mol. The maximum absolute atomic E-state index is 11.3. The van der Waals surface area contributed by atoms with E-state index in [-0.39, 0.29) is 11.8 Å². The van der Waals surface area contributed by atoms with Gasteiger partial charge in [-0.25, -0.2) is 0 Å². The molecule has 1 heterocycles. The van der Waals surface area contributed by atoms with Crippen molar-refractivity contribution in [1.29, 1.82) is 5.26 Å². The van der Waals surface area contributed by atoms with Crippen LogP contribution in [0, 0.1) is 17.2 Å². The van der Waals surface area contributed by atoms with Crippen molar-refractivity contribution < 1.29 is 4.79 Å². The van der Waals surface area contributed by atoms with Crippen LogP contribution in [0.4, 0.5) is 5.69 Å². The van der Waals surface area contributed by atoms with Gasteiger partial charge in [0.15, 0.2) is 0 Å². The highest BCUT2D eigenvalue weighted by atomic mass is 16.1. The van der Waals surface area contributed by atoms with Crippen molar-refractivity contribution in [2.75, 3.05) is 11.4 Å². The van der Waals surface area contributed by atoms with Crippen LogP contribution in [0.3, 0.4) is 0 Å². The fourth-order valence-corrected chi connectivity index (χ4v) is 2.45. The molecule has 4 heteroatoms. The first-order valence-corrected chi connectivity index (χ1v) is 6.18. The van der Waals surface area contributed by atoms with E-state index in [1.54, 1.807) is 6.07 Å². The average Bonchev–Trinajstić information content (AvgIpc) is 2.39. The summed E-state index contributed by atoms with van der Waals surface area (Å²) in [6.07, 6.45) is 1.80. The lowest BCUT2D eigenvalue weighted by Crippen LogP contribution is -2.45. The normalized spacial score (nSPS) is 23.4. The molecule has 0 radical (unpaired) electrons. The zero-order valence-corrected chi connectivity index (χ0v) is 10.5. The molecule has 0 spiro atoms. The maximum Gasteiger partial charge on any atom is 0.222 e. The average molecular weight is 243 g/mol. The number of piperidine rings is 1. The van der Waals surface area contributed by atoms with E-state index in [1.807, 2.05) is 18.2 Å². The third kappa shape index (κ3) is 2.45. The fourth-order valence-electron chi connectivity index (χ4n) is 2.45. The second-order valence-electron chi connectivity index (χ2n) is 4.84. The van der Waals surface area contributed by atoms with Crippen molar-refractivity contribution in [3.05, 3.63) is 29.8 Å². The highest BCUT2D eigenvalue weighted by molar-refractivity contribution is 5.77. The van der Waals surface area contributed by atoms with Gasteiger partial charge in [0.2, 0.25) is 5.91 Å². The van der Waals surface area contributed by atoms with Gasteiger partial charge in [0.25, 0.3) is 0 Å². The second-order valence-corrected chi connectivity index (χ2v) is 4.84. The number of carbonyl (C=O) groups is 1. The van der Waals surface area contributed by atoms with Crippen molar-refractivity contribution in [2.24, 2.45) is 11.7 Å². The number of anilines is 1. The largest absolute Gasteiger partial charge is 0.369 e. The molecule has 2 rings (SSSR count). The van der Waals surface area contributed by atoms with E-state index in [9.17, 15) is 4.79 Å². The van der Waals surface area contributed by atoms with Gasteiger partial charge in [-0.15, -0.1) is 0 Å². The number of nitrogens with zero attached hydrogens (tertiary/aromatic N) is 2. The predicted octanol–water partition coefficient (Wildman–Crippen LogP) is 1.65. The fraction of sp³-hybridized carbons (Fsp3) is 0.429. The number of rotatable bonds is 2. The summed E-state index contributed by atoms with van der Waals surface area (Å²) in [4.78, 5) is 13.5. The molecule has 2 atom stereocenters. The molecule has 18 heavy (non-hydrogen) atoms. The summed E-state index contributed by atoms with van der Waals surface area (Å²) in [6.45, 7) is 2.78. The summed E-state index contributed by atoms with van der Waals surface area (Å²) in [6, 6.07) is 9.99. The van der Waals surface area contributed by atoms with Gasteiger partial charge in [-0.2, -0.15) is 5.26 Å². The minimum Gasteiger partial charge on any atom is -0.369 e. The van der Waals surface area contributed by atoms with E-state index in [4.69, 9.17) is 11.0 Å². The first-order chi connectivity index (χ1) is 8.61. The van der Waals surface area contributed by atoms with Gasteiger partial charge in [0.05, 0.1) is 17.6 Å². The molecule has 0 aromatic heterocycles. The summed E-state index contributed by atoms with van der Waals surface area (Å²) in [5.41, 5.74) is 7.02. The molecule has 4 nitrogen and oxygen atoms in total. The van der Waals surface area contributed by atoms with Crippen molar-refractivity contribution in [3.63, 3.8) is 0 Å². The molecule has 2 N–H and O–H groups in total. The molecule has 0 aliphatic carbocycles. The number of nitrogens with two attached hydrogens (primary N) is 1. The van der Waals surface area contributed by atoms with Gasteiger partial charge in [-0.3, -0.25) is 4.79 Å². The topological polar surface area (TPSA) is 70.1 Å². The Labute approximate surface area is 107 Å². The molecule has 0 saturated carbocycles. The van der Waals surface area contributed by atoms with E-state index in [2.05, 4.69) is 17.9 Å². The molecular weight excluding hydrogens is 226 g/mol. The molecular formula is C14H17N3O. The highest BCUT2D eigenvalue weighted by Crippen LogP contribution is 2.27. The molecule has 1 fully saturated rings. The third-order valence-corrected chi connectivity index (χ3v) is 3.59. The van der Waals surface area contributed by atoms with E-state index >= 15 is 0 Å². The molecule has 1 saturated heterocycles. The number of carbonyl (C=O) groups excluding carboxylic acids is 1.